The molecule has 1 heterocycles. The number of H-pyrrole nitrogens is 1. The van der Waals surface area contributed by atoms with Crippen LogP contribution in [0.2, 0.25) is 5.02 Å². The maximum absolute atomic E-state index is 11.8. The van der Waals surface area contributed by atoms with E-state index in [1.54, 1.807) is 0 Å². The average Bonchev–Trinajstić information content (AvgIpc) is 2.85. The Morgan fingerprint density at radius 2 is 2.25 bits per heavy atom. The first-order valence-corrected chi connectivity index (χ1v) is 7.77. The Morgan fingerprint density at radius 3 is 3.00 bits per heavy atom. The van der Waals surface area contributed by atoms with Crippen LogP contribution >= 0.6 is 23.4 Å². The lowest BCUT2D eigenvalue weighted by Crippen LogP contribution is -2.14. The highest BCUT2D eigenvalue weighted by Gasteiger charge is 2.08. The van der Waals surface area contributed by atoms with Crippen molar-refractivity contribution >= 4 is 35.1 Å². The Morgan fingerprint density at radius 1 is 1.45 bits per heavy atom. The van der Waals surface area contributed by atoms with E-state index in [-0.39, 0.29) is 5.91 Å². The number of hydrogen-bond acceptors (Lipinski definition) is 3. The number of aromatic nitrogens is 2. The maximum Gasteiger partial charge on any atom is 0.235 e. The molecule has 0 bridgehead atoms. The third-order valence-electron chi connectivity index (χ3n) is 2.61. The minimum absolute atomic E-state index is 0.0931. The fourth-order valence-corrected chi connectivity index (χ4v) is 2.75. The number of rotatable bonds is 6. The first kappa shape index (κ1) is 14.9. The van der Waals surface area contributed by atoms with Gasteiger partial charge in [-0.15, -0.1) is 11.8 Å². The first-order chi connectivity index (χ1) is 9.69. The summed E-state index contributed by atoms with van der Waals surface area (Å²) < 4.78 is 0. The molecule has 1 aromatic heterocycles. The molecule has 4 nitrogen and oxygen atoms in total. The summed E-state index contributed by atoms with van der Waals surface area (Å²) in [6, 6.07) is 9.34. The van der Waals surface area contributed by atoms with Gasteiger partial charge in [-0.25, -0.2) is 0 Å². The van der Waals surface area contributed by atoms with Crippen LogP contribution in [-0.4, -0.2) is 21.9 Å². The number of thioether (sulfide) groups is 1. The third kappa shape index (κ3) is 4.28. The average molecular weight is 310 g/mol. The fraction of sp³-hybridized carbons (Fsp3) is 0.286. The van der Waals surface area contributed by atoms with Crippen LogP contribution in [0.4, 0.5) is 5.82 Å². The smallest absolute Gasteiger partial charge is 0.235 e. The highest BCUT2D eigenvalue weighted by Crippen LogP contribution is 2.26. The molecule has 0 aliphatic carbocycles. The number of carbonyl (C=O) groups is 1. The van der Waals surface area contributed by atoms with Crippen molar-refractivity contribution in [1.82, 2.24) is 10.2 Å². The molecular weight excluding hydrogens is 294 g/mol. The summed E-state index contributed by atoms with van der Waals surface area (Å²) in [7, 11) is 0. The minimum atomic E-state index is -0.0931. The number of benzene rings is 1. The van der Waals surface area contributed by atoms with Crippen molar-refractivity contribution in [3.05, 3.63) is 41.0 Å². The van der Waals surface area contributed by atoms with Crippen LogP contribution in [0.1, 0.15) is 19.0 Å². The van der Waals surface area contributed by atoms with Gasteiger partial charge < -0.3 is 5.32 Å². The molecule has 0 spiro atoms. The summed E-state index contributed by atoms with van der Waals surface area (Å²) in [5, 5.41) is 10.4. The van der Waals surface area contributed by atoms with E-state index in [4.69, 9.17) is 11.6 Å². The van der Waals surface area contributed by atoms with Crippen LogP contribution in [0.5, 0.6) is 0 Å². The summed E-state index contributed by atoms with van der Waals surface area (Å²) in [4.78, 5) is 12.7. The van der Waals surface area contributed by atoms with Crippen LogP contribution in [-0.2, 0) is 11.2 Å². The third-order valence-corrected chi connectivity index (χ3v) is 4.13. The van der Waals surface area contributed by atoms with Gasteiger partial charge in [0.1, 0.15) is 0 Å². The molecule has 0 saturated heterocycles. The van der Waals surface area contributed by atoms with Gasteiger partial charge in [0, 0.05) is 16.7 Å². The zero-order valence-corrected chi connectivity index (χ0v) is 12.7. The van der Waals surface area contributed by atoms with E-state index in [0.717, 1.165) is 23.4 Å². The topological polar surface area (TPSA) is 57.8 Å². The van der Waals surface area contributed by atoms with Gasteiger partial charge in [-0.2, -0.15) is 5.10 Å². The zero-order valence-electron chi connectivity index (χ0n) is 11.1. The van der Waals surface area contributed by atoms with E-state index in [9.17, 15) is 4.79 Å². The highest BCUT2D eigenvalue weighted by molar-refractivity contribution is 8.00. The molecule has 2 aromatic rings. The van der Waals surface area contributed by atoms with Crippen molar-refractivity contribution in [2.24, 2.45) is 0 Å². The Bertz CT molecular complexity index is 585. The molecule has 106 valence electrons. The lowest BCUT2D eigenvalue weighted by Gasteiger charge is -2.03. The largest absolute Gasteiger partial charge is 0.308 e. The molecule has 0 fully saturated rings. The summed E-state index contributed by atoms with van der Waals surface area (Å²) in [6.07, 6.45) is 1.97. The molecule has 0 aliphatic heterocycles. The highest BCUT2D eigenvalue weighted by atomic mass is 35.5. The number of aryl methyl sites for hydroxylation is 1. The lowest BCUT2D eigenvalue weighted by molar-refractivity contribution is -0.113. The Kier molecular flexibility index (Phi) is 5.49. The van der Waals surface area contributed by atoms with E-state index in [2.05, 4.69) is 22.4 Å². The van der Waals surface area contributed by atoms with E-state index >= 15 is 0 Å². The van der Waals surface area contributed by atoms with Gasteiger partial charge in [0.15, 0.2) is 5.82 Å². The van der Waals surface area contributed by atoms with E-state index in [0.29, 0.717) is 16.6 Å². The van der Waals surface area contributed by atoms with Crippen LogP contribution in [0.25, 0.3) is 0 Å². The Labute approximate surface area is 127 Å². The number of hydrogen-bond donors (Lipinski definition) is 2. The minimum Gasteiger partial charge on any atom is -0.308 e. The lowest BCUT2D eigenvalue weighted by atomic mass is 10.2. The predicted molar refractivity (Wildman–Crippen MR) is 83.4 cm³/mol. The second-order valence-corrected chi connectivity index (χ2v) is 5.72. The van der Waals surface area contributed by atoms with Gasteiger partial charge in [-0.1, -0.05) is 37.1 Å². The number of halogens is 1. The number of amides is 1. The summed E-state index contributed by atoms with van der Waals surface area (Å²) in [6.45, 7) is 2.10. The number of nitrogens with one attached hydrogen (secondary N) is 2. The van der Waals surface area contributed by atoms with Gasteiger partial charge in [0.25, 0.3) is 0 Å². The molecule has 2 rings (SSSR count). The van der Waals surface area contributed by atoms with E-state index in [1.165, 1.54) is 11.8 Å². The van der Waals surface area contributed by atoms with Crippen LogP contribution in [0, 0.1) is 0 Å². The number of carbonyl (C=O) groups excluding carboxylic acids is 1. The van der Waals surface area contributed by atoms with Crippen LogP contribution in [0.3, 0.4) is 0 Å². The molecule has 6 heteroatoms. The predicted octanol–water partition coefficient (Wildman–Crippen LogP) is 3.75. The fourth-order valence-electron chi connectivity index (χ4n) is 1.71. The summed E-state index contributed by atoms with van der Waals surface area (Å²) >= 11 is 7.45. The van der Waals surface area contributed by atoms with Crippen LogP contribution in [0.15, 0.2) is 35.2 Å². The Balaban J connectivity index is 1.84. The SMILES string of the molecule is CCCc1cc(NC(=O)CSc2ccccc2Cl)n[nH]1. The molecule has 0 radical (unpaired) electrons. The number of nitrogens with zero attached hydrogens (tertiary/aromatic N) is 1. The number of aromatic amines is 1. The van der Waals surface area contributed by atoms with E-state index in [1.807, 2.05) is 30.3 Å². The van der Waals surface area contributed by atoms with Gasteiger partial charge >= 0.3 is 0 Å². The van der Waals surface area contributed by atoms with Crippen molar-refractivity contribution in [1.29, 1.82) is 0 Å². The van der Waals surface area contributed by atoms with Gasteiger partial charge in [-0.05, 0) is 18.6 Å². The molecule has 20 heavy (non-hydrogen) atoms. The molecule has 0 saturated carbocycles. The van der Waals surface area contributed by atoms with E-state index < -0.39 is 0 Å². The van der Waals surface area contributed by atoms with Crippen molar-refractivity contribution < 1.29 is 4.79 Å². The standard InChI is InChI=1S/C14H16ClN3OS/c1-2-5-10-8-13(18-17-10)16-14(19)9-20-12-7-4-3-6-11(12)15/h3-4,6-8H,2,5,9H2,1H3,(H2,16,17,18,19). The summed E-state index contributed by atoms with van der Waals surface area (Å²) in [5.74, 6) is 0.780. The van der Waals surface area contributed by atoms with Crippen molar-refractivity contribution in [2.45, 2.75) is 24.7 Å². The molecule has 0 aliphatic rings. The van der Waals surface area contributed by atoms with Crippen molar-refractivity contribution in [3.8, 4) is 0 Å². The molecule has 1 aromatic carbocycles. The Hall–Kier alpha value is -1.46. The zero-order chi connectivity index (χ0) is 14.4. The normalized spacial score (nSPS) is 10.5. The molecule has 0 unspecified atom stereocenters. The monoisotopic (exact) mass is 309 g/mol. The quantitative estimate of drug-likeness (QED) is 0.799. The van der Waals surface area contributed by atoms with Gasteiger partial charge in [0.05, 0.1) is 10.8 Å². The van der Waals surface area contributed by atoms with Crippen LogP contribution < -0.4 is 5.32 Å². The second kappa shape index (κ2) is 7.36. The first-order valence-electron chi connectivity index (χ1n) is 6.40. The second-order valence-electron chi connectivity index (χ2n) is 4.30. The number of anilines is 1. The molecule has 2 N–H and O–H groups in total. The molecule has 0 atom stereocenters. The van der Waals surface area contributed by atoms with Gasteiger partial charge in [-0.3, -0.25) is 9.89 Å². The molecule has 1 amide bonds. The summed E-state index contributed by atoms with van der Waals surface area (Å²) in [5.41, 5.74) is 1.03. The maximum atomic E-state index is 11.8. The van der Waals surface area contributed by atoms with Crippen molar-refractivity contribution in [3.63, 3.8) is 0 Å². The molecular formula is C14H16ClN3OS. The van der Waals surface area contributed by atoms with Crippen molar-refractivity contribution in [2.75, 3.05) is 11.1 Å². The van der Waals surface area contributed by atoms with Gasteiger partial charge in [0.2, 0.25) is 5.91 Å².